The summed E-state index contributed by atoms with van der Waals surface area (Å²) in [6.07, 6.45) is 1.56. The molecule has 2 aromatic heterocycles. The molecule has 3 heterocycles. The van der Waals surface area contributed by atoms with E-state index in [0.29, 0.717) is 48.4 Å². The number of nitrogens with zero attached hydrogens (tertiary/aromatic N) is 4. The third-order valence-corrected chi connectivity index (χ3v) is 4.62. The molecule has 0 amide bonds. The van der Waals surface area contributed by atoms with Crippen LogP contribution in [-0.2, 0) is 6.54 Å². The zero-order valence-electron chi connectivity index (χ0n) is 14.9. The number of anilines is 1. The maximum atomic E-state index is 14.3. The van der Waals surface area contributed by atoms with E-state index in [1.165, 1.54) is 13.0 Å². The molecule has 1 saturated heterocycles. The first kappa shape index (κ1) is 17.4. The molecule has 7 nitrogen and oxygen atoms in total. The highest BCUT2D eigenvalue weighted by Gasteiger charge is 2.22. The van der Waals surface area contributed by atoms with E-state index in [9.17, 15) is 9.18 Å². The summed E-state index contributed by atoms with van der Waals surface area (Å²) in [6, 6.07) is 8.18. The van der Waals surface area contributed by atoms with Crippen molar-refractivity contribution in [3.05, 3.63) is 53.9 Å². The molecule has 140 valence electrons. The van der Waals surface area contributed by atoms with E-state index in [1.54, 1.807) is 30.5 Å². The number of carbonyl (C=O) groups is 1. The molecule has 1 aromatic carbocycles. The SMILES string of the molecule is CC(=O)c1ccc(N2CCN(Cc3nnc(-c4ccco4)o3)CC2)c(F)c1. The third kappa shape index (κ3) is 3.75. The highest BCUT2D eigenvalue weighted by molar-refractivity contribution is 5.94. The van der Waals surface area contributed by atoms with Crippen molar-refractivity contribution >= 4 is 11.5 Å². The van der Waals surface area contributed by atoms with E-state index in [2.05, 4.69) is 15.1 Å². The van der Waals surface area contributed by atoms with Gasteiger partial charge < -0.3 is 13.7 Å². The molecule has 0 atom stereocenters. The van der Waals surface area contributed by atoms with Gasteiger partial charge in [0.15, 0.2) is 11.5 Å². The van der Waals surface area contributed by atoms with E-state index >= 15 is 0 Å². The third-order valence-electron chi connectivity index (χ3n) is 4.62. The first-order valence-electron chi connectivity index (χ1n) is 8.74. The van der Waals surface area contributed by atoms with Gasteiger partial charge in [0.1, 0.15) is 5.82 Å². The molecule has 0 radical (unpaired) electrons. The number of hydrogen-bond acceptors (Lipinski definition) is 7. The molecule has 0 aliphatic carbocycles. The van der Waals surface area contributed by atoms with Crippen molar-refractivity contribution < 1.29 is 18.0 Å². The molecule has 0 unspecified atom stereocenters. The van der Waals surface area contributed by atoms with Gasteiger partial charge in [-0.1, -0.05) is 0 Å². The number of Topliss-reactive ketones (excluding diaryl/α,β-unsaturated/α-hetero) is 1. The highest BCUT2D eigenvalue weighted by atomic mass is 19.1. The Kier molecular flexibility index (Phi) is 4.72. The molecule has 3 aromatic rings. The van der Waals surface area contributed by atoms with Gasteiger partial charge in [-0.3, -0.25) is 9.69 Å². The summed E-state index contributed by atoms with van der Waals surface area (Å²) in [5.41, 5.74) is 0.913. The lowest BCUT2D eigenvalue weighted by molar-refractivity contribution is 0.101. The van der Waals surface area contributed by atoms with Crippen LogP contribution in [0.25, 0.3) is 11.7 Å². The van der Waals surface area contributed by atoms with Crippen LogP contribution in [-0.4, -0.2) is 47.1 Å². The van der Waals surface area contributed by atoms with Crippen LogP contribution in [0, 0.1) is 5.82 Å². The van der Waals surface area contributed by atoms with Gasteiger partial charge in [0.05, 0.1) is 18.5 Å². The summed E-state index contributed by atoms with van der Waals surface area (Å²) >= 11 is 0. The van der Waals surface area contributed by atoms with Crippen molar-refractivity contribution in [1.29, 1.82) is 0 Å². The van der Waals surface area contributed by atoms with Crippen LogP contribution in [0.5, 0.6) is 0 Å². The van der Waals surface area contributed by atoms with Gasteiger partial charge in [0, 0.05) is 31.7 Å². The molecular weight excluding hydrogens is 351 g/mol. The highest BCUT2D eigenvalue weighted by Crippen LogP contribution is 2.23. The van der Waals surface area contributed by atoms with E-state index in [4.69, 9.17) is 8.83 Å². The summed E-state index contributed by atoms with van der Waals surface area (Å²) in [7, 11) is 0. The monoisotopic (exact) mass is 370 g/mol. The van der Waals surface area contributed by atoms with Gasteiger partial charge >= 0.3 is 0 Å². The quantitative estimate of drug-likeness (QED) is 0.639. The predicted molar refractivity (Wildman–Crippen MR) is 95.9 cm³/mol. The fraction of sp³-hybridized carbons (Fsp3) is 0.316. The molecule has 0 N–H and O–H groups in total. The lowest BCUT2D eigenvalue weighted by atomic mass is 10.1. The van der Waals surface area contributed by atoms with Crippen LogP contribution in [0.2, 0.25) is 0 Å². The summed E-state index contributed by atoms with van der Waals surface area (Å²) in [6.45, 7) is 4.80. The minimum atomic E-state index is -0.365. The number of piperazine rings is 1. The Balaban J connectivity index is 1.36. The Hall–Kier alpha value is -3.00. The van der Waals surface area contributed by atoms with Crippen LogP contribution in [0.3, 0.4) is 0 Å². The Morgan fingerprint density at radius 1 is 1.19 bits per heavy atom. The van der Waals surface area contributed by atoms with Crippen molar-refractivity contribution in [2.24, 2.45) is 0 Å². The van der Waals surface area contributed by atoms with Crippen molar-refractivity contribution in [2.45, 2.75) is 13.5 Å². The minimum absolute atomic E-state index is 0.140. The van der Waals surface area contributed by atoms with E-state index < -0.39 is 0 Å². The van der Waals surface area contributed by atoms with Gasteiger partial charge in [-0.2, -0.15) is 0 Å². The van der Waals surface area contributed by atoms with Crippen LogP contribution >= 0.6 is 0 Å². The molecule has 8 heteroatoms. The number of rotatable bonds is 5. The van der Waals surface area contributed by atoms with Gasteiger partial charge in [-0.15, -0.1) is 10.2 Å². The Morgan fingerprint density at radius 3 is 2.67 bits per heavy atom. The first-order chi connectivity index (χ1) is 13.1. The van der Waals surface area contributed by atoms with Crippen LogP contribution in [0.4, 0.5) is 10.1 Å². The number of hydrogen-bond donors (Lipinski definition) is 0. The van der Waals surface area contributed by atoms with Gasteiger partial charge in [-0.05, 0) is 37.3 Å². The second kappa shape index (κ2) is 7.32. The molecule has 1 aliphatic heterocycles. The standard InChI is InChI=1S/C19H19FN4O3/c1-13(25)14-4-5-16(15(20)11-14)24-8-6-23(7-9-24)12-18-21-22-19(27-18)17-3-2-10-26-17/h2-5,10-11H,6-9,12H2,1H3. The smallest absolute Gasteiger partial charge is 0.283 e. The largest absolute Gasteiger partial charge is 0.459 e. The predicted octanol–water partition coefficient (Wildman–Crippen LogP) is 2.99. The Bertz CT molecular complexity index is 930. The average Bonchev–Trinajstić information content (AvgIpc) is 3.34. The Labute approximate surface area is 155 Å². The van der Waals surface area contributed by atoms with Gasteiger partial charge in [0.2, 0.25) is 5.89 Å². The molecule has 27 heavy (non-hydrogen) atoms. The van der Waals surface area contributed by atoms with Crippen molar-refractivity contribution in [2.75, 3.05) is 31.1 Å². The number of halogens is 1. The lowest BCUT2D eigenvalue weighted by Crippen LogP contribution is -2.46. The summed E-state index contributed by atoms with van der Waals surface area (Å²) in [4.78, 5) is 15.5. The lowest BCUT2D eigenvalue weighted by Gasteiger charge is -2.35. The summed E-state index contributed by atoms with van der Waals surface area (Å²) in [5.74, 6) is 0.922. The molecule has 0 bridgehead atoms. The maximum absolute atomic E-state index is 14.3. The van der Waals surface area contributed by atoms with E-state index in [0.717, 1.165) is 13.1 Å². The van der Waals surface area contributed by atoms with Crippen LogP contribution < -0.4 is 4.90 Å². The molecular formula is C19H19FN4O3. The molecule has 4 rings (SSSR count). The van der Waals surface area contributed by atoms with Crippen molar-refractivity contribution in [3.8, 4) is 11.7 Å². The minimum Gasteiger partial charge on any atom is -0.459 e. The van der Waals surface area contributed by atoms with Crippen molar-refractivity contribution in [1.82, 2.24) is 15.1 Å². The second-order valence-electron chi connectivity index (χ2n) is 6.46. The Morgan fingerprint density at radius 2 is 2.00 bits per heavy atom. The first-order valence-corrected chi connectivity index (χ1v) is 8.74. The normalized spacial score (nSPS) is 15.3. The number of benzene rings is 1. The maximum Gasteiger partial charge on any atom is 0.283 e. The van der Waals surface area contributed by atoms with E-state index in [-0.39, 0.29) is 11.6 Å². The fourth-order valence-corrected chi connectivity index (χ4v) is 3.14. The molecule has 1 aliphatic rings. The van der Waals surface area contributed by atoms with Crippen LogP contribution in [0.15, 0.2) is 45.4 Å². The molecule has 0 spiro atoms. The zero-order chi connectivity index (χ0) is 18.8. The van der Waals surface area contributed by atoms with E-state index in [1.807, 2.05) is 4.90 Å². The number of aromatic nitrogens is 2. The van der Waals surface area contributed by atoms with Gasteiger partial charge in [0.25, 0.3) is 5.89 Å². The van der Waals surface area contributed by atoms with Gasteiger partial charge in [-0.25, -0.2) is 4.39 Å². The average molecular weight is 370 g/mol. The number of furan rings is 1. The molecule has 0 saturated carbocycles. The summed E-state index contributed by atoms with van der Waals surface area (Å²) in [5, 5.41) is 8.06. The van der Waals surface area contributed by atoms with Crippen LogP contribution in [0.1, 0.15) is 23.2 Å². The molecule has 1 fully saturated rings. The fourth-order valence-electron chi connectivity index (χ4n) is 3.14. The number of ketones is 1. The second-order valence-corrected chi connectivity index (χ2v) is 6.46. The summed E-state index contributed by atoms with van der Waals surface area (Å²) < 4.78 is 25.2. The topological polar surface area (TPSA) is 75.6 Å². The zero-order valence-corrected chi connectivity index (χ0v) is 14.9. The number of carbonyl (C=O) groups excluding carboxylic acids is 1. The van der Waals surface area contributed by atoms with Crippen molar-refractivity contribution in [3.63, 3.8) is 0 Å².